The molecule has 1 aromatic heterocycles. The van der Waals surface area contributed by atoms with Gasteiger partial charge in [-0.2, -0.15) is 5.26 Å². The summed E-state index contributed by atoms with van der Waals surface area (Å²) in [7, 11) is 0. The van der Waals surface area contributed by atoms with E-state index in [1.54, 1.807) is 12.1 Å². The molecule has 0 saturated carbocycles. The fourth-order valence-electron chi connectivity index (χ4n) is 1.15. The highest BCUT2D eigenvalue weighted by Crippen LogP contribution is 2.17. The minimum Gasteiger partial charge on any atom is -0.390 e. The summed E-state index contributed by atoms with van der Waals surface area (Å²) < 4.78 is 0. The Labute approximate surface area is 92.8 Å². The number of aliphatic hydroxyl groups excluding tert-OH is 2. The van der Waals surface area contributed by atoms with Gasteiger partial charge < -0.3 is 10.2 Å². The molecule has 2 unspecified atom stereocenters. The summed E-state index contributed by atoms with van der Waals surface area (Å²) in [5.41, 5.74) is 0.497. The first kappa shape index (κ1) is 11.9. The van der Waals surface area contributed by atoms with Crippen LogP contribution >= 0.6 is 11.6 Å². The second-order valence-electron chi connectivity index (χ2n) is 3.05. The van der Waals surface area contributed by atoms with Gasteiger partial charge >= 0.3 is 0 Å². The second kappa shape index (κ2) is 5.66. The predicted octanol–water partition coefficient (Wildman–Crippen LogP) is 0.976. The van der Waals surface area contributed by atoms with Gasteiger partial charge in [0.2, 0.25) is 0 Å². The average molecular weight is 227 g/mol. The molecule has 0 aliphatic rings. The van der Waals surface area contributed by atoms with Crippen molar-refractivity contribution < 1.29 is 10.2 Å². The van der Waals surface area contributed by atoms with Gasteiger partial charge in [0.15, 0.2) is 0 Å². The summed E-state index contributed by atoms with van der Waals surface area (Å²) in [6.07, 6.45) is -1.78. The fraction of sp³-hybridized carbons (Fsp3) is 0.400. The molecule has 0 radical (unpaired) electrons. The van der Waals surface area contributed by atoms with E-state index in [1.165, 1.54) is 6.07 Å². The molecular weight excluding hydrogens is 216 g/mol. The van der Waals surface area contributed by atoms with Crippen LogP contribution in [0.2, 0.25) is 0 Å². The molecule has 1 rings (SSSR count). The van der Waals surface area contributed by atoms with Crippen molar-refractivity contribution in [1.82, 2.24) is 4.98 Å². The largest absolute Gasteiger partial charge is 0.390 e. The fourth-order valence-corrected chi connectivity index (χ4v) is 1.37. The van der Waals surface area contributed by atoms with Crippen LogP contribution in [0.1, 0.15) is 23.9 Å². The Balaban J connectivity index is 2.82. The molecule has 0 fully saturated rings. The monoisotopic (exact) mass is 226 g/mol. The number of hydrogen-bond acceptors (Lipinski definition) is 4. The predicted molar refractivity (Wildman–Crippen MR) is 55.3 cm³/mol. The third-order valence-corrected chi connectivity index (χ3v) is 2.18. The maximum absolute atomic E-state index is 9.66. The third kappa shape index (κ3) is 3.17. The van der Waals surface area contributed by atoms with Crippen LogP contribution in [-0.4, -0.2) is 27.2 Å². The Kier molecular flexibility index (Phi) is 4.50. The van der Waals surface area contributed by atoms with E-state index in [1.807, 2.05) is 6.07 Å². The second-order valence-corrected chi connectivity index (χ2v) is 3.43. The average Bonchev–Trinajstić information content (AvgIpc) is 2.28. The number of aromatic nitrogens is 1. The topological polar surface area (TPSA) is 77.1 Å². The van der Waals surface area contributed by atoms with Crippen molar-refractivity contribution in [2.24, 2.45) is 0 Å². The normalized spacial score (nSPS) is 14.3. The van der Waals surface area contributed by atoms with Crippen molar-refractivity contribution in [1.29, 1.82) is 5.26 Å². The molecule has 0 bridgehead atoms. The smallest absolute Gasteiger partial charge is 0.140 e. The summed E-state index contributed by atoms with van der Waals surface area (Å²) in [4.78, 5) is 3.88. The van der Waals surface area contributed by atoms with Crippen LogP contribution in [0.5, 0.6) is 0 Å². The Bertz CT molecular complexity index is 365. The van der Waals surface area contributed by atoms with Crippen molar-refractivity contribution in [3.63, 3.8) is 0 Å². The summed E-state index contributed by atoms with van der Waals surface area (Å²) in [5, 5.41) is 27.7. The van der Waals surface area contributed by atoms with E-state index in [2.05, 4.69) is 4.98 Å². The molecule has 1 aromatic rings. The van der Waals surface area contributed by atoms with E-state index in [4.69, 9.17) is 16.9 Å². The Morgan fingerprint density at radius 1 is 1.47 bits per heavy atom. The number of nitriles is 1. The zero-order chi connectivity index (χ0) is 11.3. The third-order valence-electron chi connectivity index (χ3n) is 1.96. The van der Waals surface area contributed by atoms with Crippen molar-refractivity contribution in [2.45, 2.75) is 18.6 Å². The number of rotatable bonds is 4. The minimum atomic E-state index is -1.10. The lowest BCUT2D eigenvalue weighted by atomic mass is 10.1. The van der Waals surface area contributed by atoms with Gasteiger partial charge in [-0.25, -0.2) is 4.98 Å². The van der Waals surface area contributed by atoms with E-state index < -0.39 is 12.2 Å². The summed E-state index contributed by atoms with van der Waals surface area (Å²) >= 11 is 5.44. The zero-order valence-electron chi connectivity index (χ0n) is 7.97. The van der Waals surface area contributed by atoms with Crippen molar-refractivity contribution >= 4 is 11.6 Å². The van der Waals surface area contributed by atoms with Crippen molar-refractivity contribution in [3.8, 4) is 6.07 Å². The molecule has 80 valence electrons. The molecule has 0 aliphatic heterocycles. The SMILES string of the molecule is N#Cc1cccc(C(O)C(O)CCCl)n1. The lowest BCUT2D eigenvalue weighted by molar-refractivity contribution is 0.0144. The van der Waals surface area contributed by atoms with Crippen molar-refractivity contribution in [3.05, 3.63) is 29.6 Å². The standard InChI is InChI=1S/C10H11ClN2O2/c11-5-4-9(14)10(15)8-3-1-2-7(6-12)13-8/h1-3,9-10,14-15H,4-5H2. The first-order valence-electron chi connectivity index (χ1n) is 4.48. The van der Waals surface area contributed by atoms with Gasteiger partial charge in [-0.15, -0.1) is 11.6 Å². The van der Waals surface area contributed by atoms with E-state index in [0.29, 0.717) is 0 Å². The number of aliphatic hydroxyl groups is 2. The molecular formula is C10H11ClN2O2. The van der Waals surface area contributed by atoms with Gasteiger partial charge in [0, 0.05) is 5.88 Å². The Morgan fingerprint density at radius 3 is 2.80 bits per heavy atom. The maximum Gasteiger partial charge on any atom is 0.140 e. The van der Waals surface area contributed by atoms with Crippen molar-refractivity contribution in [2.75, 3.05) is 5.88 Å². The van der Waals surface area contributed by atoms with Gasteiger partial charge in [-0.3, -0.25) is 0 Å². The molecule has 2 N–H and O–H groups in total. The Hall–Kier alpha value is -1.15. The summed E-state index contributed by atoms with van der Waals surface area (Å²) in [5.74, 6) is 0.260. The summed E-state index contributed by atoms with van der Waals surface area (Å²) in [6, 6.07) is 6.56. The van der Waals surface area contributed by atoms with Gasteiger partial charge in [-0.05, 0) is 18.6 Å². The van der Waals surface area contributed by atoms with E-state index >= 15 is 0 Å². The highest BCUT2D eigenvalue weighted by molar-refractivity contribution is 6.17. The lowest BCUT2D eigenvalue weighted by Gasteiger charge is -2.15. The molecule has 1 heterocycles. The van der Waals surface area contributed by atoms with Gasteiger partial charge in [0.25, 0.3) is 0 Å². The number of pyridine rings is 1. The van der Waals surface area contributed by atoms with Crippen LogP contribution in [0.15, 0.2) is 18.2 Å². The van der Waals surface area contributed by atoms with Gasteiger partial charge in [-0.1, -0.05) is 6.07 Å². The van der Waals surface area contributed by atoms with E-state index in [-0.39, 0.29) is 23.7 Å². The van der Waals surface area contributed by atoms with E-state index in [9.17, 15) is 10.2 Å². The van der Waals surface area contributed by atoms with Crippen LogP contribution < -0.4 is 0 Å². The molecule has 0 aliphatic carbocycles. The minimum absolute atomic E-state index is 0.213. The molecule has 0 aromatic carbocycles. The van der Waals surface area contributed by atoms with Crippen LogP contribution in [0.4, 0.5) is 0 Å². The maximum atomic E-state index is 9.66. The number of halogens is 1. The van der Waals surface area contributed by atoms with Crippen LogP contribution in [0.3, 0.4) is 0 Å². The zero-order valence-corrected chi connectivity index (χ0v) is 8.72. The quantitative estimate of drug-likeness (QED) is 0.751. The highest BCUT2D eigenvalue weighted by atomic mass is 35.5. The summed E-state index contributed by atoms with van der Waals surface area (Å²) in [6.45, 7) is 0. The highest BCUT2D eigenvalue weighted by Gasteiger charge is 2.19. The van der Waals surface area contributed by atoms with Gasteiger partial charge in [0.1, 0.15) is 17.9 Å². The van der Waals surface area contributed by atoms with Crippen LogP contribution in [-0.2, 0) is 0 Å². The van der Waals surface area contributed by atoms with Crippen LogP contribution in [0.25, 0.3) is 0 Å². The molecule has 0 saturated heterocycles. The molecule has 5 heteroatoms. The number of alkyl halides is 1. The molecule has 15 heavy (non-hydrogen) atoms. The molecule has 0 spiro atoms. The van der Waals surface area contributed by atoms with Crippen LogP contribution in [0, 0.1) is 11.3 Å². The molecule has 2 atom stereocenters. The Morgan fingerprint density at radius 2 is 2.20 bits per heavy atom. The lowest BCUT2D eigenvalue weighted by Crippen LogP contribution is -2.19. The number of hydrogen-bond donors (Lipinski definition) is 2. The van der Waals surface area contributed by atoms with Gasteiger partial charge in [0.05, 0.1) is 11.8 Å². The first-order chi connectivity index (χ1) is 7.19. The molecule has 0 amide bonds. The molecule has 4 nitrogen and oxygen atoms in total. The van der Waals surface area contributed by atoms with E-state index in [0.717, 1.165) is 0 Å². The first-order valence-corrected chi connectivity index (χ1v) is 5.01. The number of nitrogens with zero attached hydrogens (tertiary/aromatic N) is 2.